The molecule has 3 aromatic rings. The van der Waals surface area contributed by atoms with Gasteiger partial charge in [-0.15, -0.1) is 0 Å². The Kier molecular flexibility index (Phi) is 7.09. The van der Waals surface area contributed by atoms with Crippen molar-refractivity contribution >= 4 is 34.8 Å². The maximum Gasteiger partial charge on any atom is 0.257 e. The highest BCUT2D eigenvalue weighted by Crippen LogP contribution is 2.29. The van der Waals surface area contributed by atoms with Crippen LogP contribution in [0.25, 0.3) is 5.65 Å². The summed E-state index contributed by atoms with van der Waals surface area (Å²) in [6.45, 7) is 7.55. The van der Waals surface area contributed by atoms with Gasteiger partial charge in [-0.3, -0.25) is 9.79 Å². The standard InChI is InChI=1S/C24H30FN7O2/c1-15-13-32-14-17(10-20(25)23(32)29-15)30-24(33)18-4-5-21(31-8-6-27-7-9-31)19(22(18)26)12-28-11-16(2)34-3/h4-5,10,12-14,16,27H,6-9,11,26H2,1-3H3,(H,30,33). The third-order valence-electron chi connectivity index (χ3n) is 5.84. The van der Waals surface area contributed by atoms with E-state index in [2.05, 4.69) is 25.5 Å². The zero-order valence-corrected chi connectivity index (χ0v) is 19.6. The van der Waals surface area contributed by atoms with E-state index in [-0.39, 0.29) is 11.8 Å². The van der Waals surface area contributed by atoms with Crippen molar-refractivity contribution in [3.8, 4) is 0 Å². The molecular formula is C24H30FN7O2. The highest BCUT2D eigenvalue weighted by Gasteiger charge is 2.20. The van der Waals surface area contributed by atoms with E-state index in [4.69, 9.17) is 10.5 Å². The van der Waals surface area contributed by atoms with Crippen LogP contribution >= 0.6 is 0 Å². The highest BCUT2D eigenvalue weighted by molar-refractivity contribution is 6.11. The van der Waals surface area contributed by atoms with E-state index in [0.29, 0.717) is 34.7 Å². The molecule has 34 heavy (non-hydrogen) atoms. The third-order valence-corrected chi connectivity index (χ3v) is 5.84. The number of halogens is 1. The number of imidazole rings is 1. The number of carbonyl (C=O) groups excluding carboxylic acids is 1. The Balaban J connectivity index is 1.65. The van der Waals surface area contributed by atoms with Gasteiger partial charge in [0, 0.05) is 69.2 Å². The normalized spacial score (nSPS) is 15.2. The number of hydrogen-bond donors (Lipinski definition) is 3. The number of nitrogens with zero attached hydrogens (tertiary/aromatic N) is 4. The fourth-order valence-corrected chi connectivity index (χ4v) is 3.95. The van der Waals surface area contributed by atoms with E-state index in [1.807, 2.05) is 13.0 Å². The maximum absolute atomic E-state index is 14.5. The van der Waals surface area contributed by atoms with Crippen molar-refractivity contribution in [2.75, 3.05) is 55.8 Å². The van der Waals surface area contributed by atoms with Crippen LogP contribution in [0.1, 0.15) is 28.5 Å². The number of benzene rings is 1. The summed E-state index contributed by atoms with van der Waals surface area (Å²) in [5, 5.41) is 6.09. The number of nitrogens with two attached hydrogens (primary N) is 1. The summed E-state index contributed by atoms with van der Waals surface area (Å²) in [5.74, 6) is -0.951. The molecule has 0 radical (unpaired) electrons. The molecule has 1 aliphatic rings. The zero-order valence-electron chi connectivity index (χ0n) is 19.6. The zero-order chi connectivity index (χ0) is 24.2. The van der Waals surface area contributed by atoms with Gasteiger partial charge in [0.05, 0.1) is 35.3 Å². The van der Waals surface area contributed by atoms with Crippen molar-refractivity contribution in [3.05, 3.63) is 53.2 Å². The number of nitrogen functional groups attached to an aromatic ring is 1. The number of methoxy groups -OCH3 is 1. The molecule has 0 spiro atoms. The molecule has 1 unspecified atom stereocenters. The van der Waals surface area contributed by atoms with Gasteiger partial charge in [0.15, 0.2) is 11.5 Å². The molecule has 9 nitrogen and oxygen atoms in total. The number of ether oxygens (including phenoxy) is 1. The summed E-state index contributed by atoms with van der Waals surface area (Å²) >= 11 is 0. The summed E-state index contributed by atoms with van der Waals surface area (Å²) < 4.78 is 21.3. The van der Waals surface area contributed by atoms with Gasteiger partial charge >= 0.3 is 0 Å². The molecule has 180 valence electrons. The van der Waals surface area contributed by atoms with E-state index in [1.165, 1.54) is 6.07 Å². The van der Waals surface area contributed by atoms with Crippen molar-refractivity contribution in [3.63, 3.8) is 0 Å². The molecule has 1 aliphatic heterocycles. The second-order valence-electron chi connectivity index (χ2n) is 8.38. The molecule has 1 saturated heterocycles. The van der Waals surface area contributed by atoms with Crippen molar-refractivity contribution in [1.82, 2.24) is 14.7 Å². The lowest BCUT2D eigenvalue weighted by atomic mass is 10.0. The number of aromatic nitrogens is 2. The number of anilines is 3. The lowest BCUT2D eigenvalue weighted by molar-refractivity contribution is 0.102. The number of fused-ring (bicyclic) bond motifs is 1. The van der Waals surface area contributed by atoms with E-state index in [0.717, 1.165) is 31.9 Å². The van der Waals surface area contributed by atoms with Crippen LogP contribution in [0, 0.1) is 12.7 Å². The fourth-order valence-electron chi connectivity index (χ4n) is 3.95. The largest absolute Gasteiger partial charge is 0.397 e. The van der Waals surface area contributed by atoms with E-state index in [1.54, 1.807) is 43.1 Å². The van der Waals surface area contributed by atoms with Gasteiger partial charge < -0.3 is 30.4 Å². The number of hydrogen-bond acceptors (Lipinski definition) is 7. The number of rotatable bonds is 7. The van der Waals surface area contributed by atoms with E-state index in [9.17, 15) is 9.18 Å². The molecule has 4 N–H and O–H groups in total. The number of piperazine rings is 1. The predicted molar refractivity (Wildman–Crippen MR) is 133 cm³/mol. The molecule has 3 heterocycles. The van der Waals surface area contributed by atoms with Crippen LogP contribution in [-0.4, -0.2) is 67.4 Å². The predicted octanol–water partition coefficient (Wildman–Crippen LogP) is 2.48. The van der Waals surface area contributed by atoms with Crippen LogP contribution in [0.3, 0.4) is 0 Å². The first-order valence-corrected chi connectivity index (χ1v) is 11.2. The van der Waals surface area contributed by atoms with Crippen LogP contribution in [0.15, 0.2) is 35.6 Å². The van der Waals surface area contributed by atoms with Gasteiger partial charge in [0.2, 0.25) is 0 Å². The van der Waals surface area contributed by atoms with E-state index < -0.39 is 11.7 Å². The van der Waals surface area contributed by atoms with Crippen molar-refractivity contribution in [2.24, 2.45) is 4.99 Å². The fraction of sp³-hybridized carbons (Fsp3) is 0.375. The number of carbonyl (C=O) groups is 1. The molecule has 1 fully saturated rings. The topological polar surface area (TPSA) is 109 Å². The lowest BCUT2D eigenvalue weighted by Gasteiger charge is -2.31. The number of pyridine rings is 1. The number of aliphatic imine (C=N–C) groups is 1. The first-order valence-electron chi connectivity index (χ1n) is 11.2. The molecule has 4 rings (SSSR count). The monoisotopic (exact) mass is 467 g/mol. The molecule has 10 heteroatoms. The second kappa shape index (κ2) is 10.2. The first-order chi connectivity index (χ1) is 16.4. The maximum atomic E-state index is 14.5. The average molecular weight is 468 g/mol. The third kappa shape index (κ3) is 5.02. The summed E-state index contributed by atoms with van der Waals surface area (Å²) in [4.78, 5) is 24.0. The second-order valence-corrected chi connectivity index (χ2v) is 8.38. The van der Waals surface area contributed by atoms with Gasteiger partial charge in [0.1, 0.15) is 0 Å². The lowest BCUT2D eigenvalue weighted by Crippen LogP contribution is -2.44. The van der Waals surface area contributed by atoms with Crippen molar-refractivity contribution in [2.45, 2.75) is 20.0 Å². The molecule has 1 aromatic carbocycles. The van der Waals surface area contributed by atoms with Crippen LogP contribution in [0.2, 0.25) is 0 Å². The van der Waals surface area contributed by atoms with Crippen molar-refractivity contribution in [1.29, 1.82) is 0 Å². The minimum absolute atomic E-state index is 0.0387. The number of aryl methyl sites for hydroxylation is 1. The van der Waals surface area contributed by atoms with Crippen LogP contribution in [-0.2, 0) is 4.74 Å². The van der Waals surface area contributed by atoms with Gasteiger partial charge in [-0.05, 0) is 26.0 Å². The molecule has 0 saturated carbocycles. The summed E-state index contributed by atoms with van der Waals surface area (Å²) in [7, 11) is 1.64. The van der Waals surface area contributed by atoms with Gasteiger partial charge in [-0.25, -0.2) is 9.37 Å². The van der Waals surface area contributed by atoms with Gasteiger partial charge in [-0.1, -0.05) is 0 Å². The number of amides is 1. The van der Waals surface area contributed by atoms with Gasteiger partial charge in [0.25, 0.3) is 5.91 Å². The van der Waals surface area contributed by atoms with Crippen molar-refractivity contribution < 1.29 is 13.9 Å². The van der Waals surface area contributed by atoms with E-state index >= 15 is 0 Å². The molecule has 0 bridgehead atoms. The van der Waals surface area contributed by atoms with Crippen LogP contribution in [0.4, 0.5) is 21.5 Å². The Labute approximate surface area is 197 Å². The molecule has 2 aromatic heterocycles. The Morgan fingerprint density at radius 1 is 1.38 bits per heavy atom. The molecular weight excluding hydrogens is 437 g/mol. The quantitative estimate of drug-likeness (QED) is 0.364. The highest BCUT2D eigenvalue weighted by atomic mass is 19.1. The minimum Gasteiger partial charge on any atom is -0.397 e. The summed E-state index contributed by atoms with van der Waals surface area (Å²) in [5.41, 5.74) is 9.92. The Bertz CT molecular complexity index is 1220. The minimum atomic E-state index is -0.520. The SMILES string of the molecule is COC(C)CN=Cc1c(N2CCNCC2)ccc(C(=O)Nc2cc(F)c3nc(C)cn3c2)c1N. The first kappa shape index (κ1) is 23.7. The van der Waals surface area contributed by atoms with Gasteiger partial charge in [-0.2, -0.15) is 0 Å². The molecule has 1 atom stereocenters. The van der Waals surface area contributed by atoms with Crippen LogP contribution < -0.4 is 21.3 Å². The Morgan fingerprint density at radius 2 is 2.15 bits per heavy atom. The Morgan fingerprint density at radius 3 is 2.88 bits per heavy atom. The number of nitrogens with one attached hydrogen (secondary N) is 2. The summed E-state index contributed by atoms with van der Waals surface area (Å²) in [6, 6.07) is 4.84. The van der Waals surface area contributed by atoms with Crippen LogP contribution in [0.5, 0.6) is 0 Å². The Hall–Kier alpha value is -3.50. The smallest absolute Gasteiger partial charge is 0.257 e. The molecule has 0 aliphatic carbocycles. The molecule has 1 amide bonds. The average Bonchev–Trinajstić information content (AvgIpc) is 3.21. The summed E-state index contributed by atoms with van der Waals surface area (Å²) in [6.07, 6.45) is 4.98.